The molecule has 0 spiro atoms. The second-order valence-electron chi connectivity index (χ2n) is 6.97. The van der Waals surface area contributed by atoms with Gasteiger partial charge in [-0.15, -0.1) is 0 Å². The molecule has 3 N–H and O–H groups in total. The van der Waals surface area contributed by atoms with E-state index < -0.39 is 0 Å². The molecule has 126 valence electrons. The molecule has 1 aromatic carbocycles. The van der Waals surface area contributed by atoms with Gasteiger partial charge in [0.2, 0.25) is 5.91 Å². The topological polar surface area (TPSA) is 70.6 Å². The Kier molecular flexibility index (Phi) is 4.87. The van der Waals surface area contributed by atoms with E-state index in [0.29, 0.717) is 0 Å². The molecule has 0 radical (unpaired) electrons. The van der Waals surface area contributed by atoms with Crippen molar-refractivity contribution in [3.8, 4) is 5.75 Å². The molecule has 1 amide bonds. The molecular formula is C18H26N2O3. The lowest BCUT2D eigenvalue weighted by Gasteiger charge is -2.28. The monoisotopic (exact) mass is 318 g/mol. The summed E-state index contributed by atoms with van der Waals surface area (Å²) in [5.41, 5.74) is 0.446. The molecule has 1 aromatic rings. The van der Waals surface area contributed by atoms with Crippen molar-refractivity contribution in [3.63, 3.8) is 0 Å². The first kappa shape index (κ1) is 16.3. The molecule has 1 saturated heterocycles. The van der Waals surface area contributed by atoms with Gasteiger partial charge in [0.1, 0.15) is 11.9 Å². The Morgan fingerprint density at radius 3 is 2.70 bits per heavy atom. The summed E-state index contributed by atoms with van der Waals surface area (Å²) in [6, 6.07) is 7.42. The molecule has 3 atom stereocenters. The third-order valence-corrected chi connectivity index (χ3v) is 4.98. The highest BCUT2D eigenvalue weighted by Gasteiger charge is 2.36. The minimum absolute atomic E-state index is 0.0545. The van der Waals surface area contributed by atoms with Crippen LogP contribution in [0.5, 0.6) is 5.75 Å². The molecule has 3 rings (SSSR count). The molecule has 1 aliphatic carbocycles. The van der Waals surface area contributed by atoms with Gasteiger partial charge >= 0.3 is 0 Å². The van der Waals surface area contributed by atoms with Gasteiger partial charge in [-0.2, -0.15) is 0 Å². The van der Waals surface area contributed by atoms with Crippen molar-refractivity contribution in [3.05, 3.63) is 24.3 Å². The van der Waals surface area contributed by atoms with E-state index in [4.69, 9.17) is 4.74 Å². The number of aliphatic hydroxyl groups is 1. The fraction of sp³-hybridized carbons (Fsp3) is 0.611. The van der Waals surface area contributed by atoms with Crippen molar-refractivity contribution in [1.82, 2.24) is 5.32 Å². The Balaban J connectivity index is 1.57. The Hall–Kier alpha value is -1.59. The van der Waals surface area contributed by atoms with Crippen LogP contribution in [0.3, 0.4) is 0 Å². The summed E-state index contributed by atoms with van der Waals surface area (Å²) in [6.07, 6.45) is 4.24. The van der Waals surface area contributed by atoms with Gasteiger partial charge in [-0.25, -0.2) is 0 Å². The number of ether oxygens (including phenoxy) is 1. The van der Waals surface area contributed by atoms with Crippen LogP contribution in [0, 0.1) is 5.41 Å². The quantitative estimate of drug-likeness (QED) is 0.797. The molecule has 0 bridgehead atoms. The molecule has 1 saturated carbocycles. The average molecular weight is 318 g/mol. The third-order valence-electron chi connectivity index (χ3n) is 4.98. The van der Waals surface area contributed by atoms with Gasteiger partial charge in [0.05, 0.1) is 11.5 Å². The van der Waals surface area contributed by atoms with E-state index >= 15 is 0 Å². The van der Waals surface area contributed by atoms with Gasteiger partial charge in [-0.1, -0.05) is 6.42 Å². The molecule has 5 heteroatoms. The molecule has 2 aliphatic rings. The highest BCUT2D eigenvalue weighted by molar-refractivity contribution is 5.95. The molecular weight excluding hydrogens is 292 g/mol. The van der Waals surface area contributed by atoms with Crippen LogP contribution >= 0.6 is 0 Å². The normalized spacial score (nSPS) is 30.9. The lowest BCUT2D eigenvalue weighted by molar-refractivity contribution is -0.123. The second-order valence-corrected chi connectivity index (χ2v) is 6.97. The number of carbonyl (C=O) groups excluding carboxylic acids is 1. The first-order valence-electron chi connectivity index (χ1n) is 8.54. The lowest BCUT2D eigenvalue weighted by atomic mass is 9.89. The summed E-state index contributed by atoms with van der Waals surface area (Å²) < 4.78 is 5.87. The van der Waals surface area contributed by atoms with E-state index in [0.717, 1.165) is 56.6 Å². The highest BCUT2D eigenvalue weighted by Crippen LogP contribution is 2.28. The summed E-state index contributed by atoms with van der Waals surface area (Å²) >= 11 is 0. The van der Waals surface area contributed by atoms with Crippen LogP contribution in [0.1, 0.15) is 39.0 Å². The third kappa shape index (κ3) is 3.85. The standard InChI is InChI=1S/C18H26N2O3/c1-18(10-11-19-12-18)17(22)20-13-6-8-14(9-7-13)23-16-5-3-2-4-15(16)21/h6-9,15-16,19,21H,2-5,10-12H2,1H3,(H,20,22). The molecule has 0 aromatic heterocycles. The zero-order chi connectivity index (χ0) is 16.3. The molecule has 2 fully saturated rings. The predicted octanol–water partition coefficient (Wildman–Crippen LogP) is 2.31. The minimum atomic E-state index is -0.377. The highest BCUT2D eigenvalue weighted by atomic mass is 16.5. The number of anilines is 1. The molecule has 5 nitrogen and oxygen atoms in total. The first-order valence-corrected chi connectivity index (χ1v) is 8.54. The summed E-state index contributed by atoms with van der Waals surface area (Å²) in [5.74, 6) is 0.793. The largest absolute Gasteiger partial charge is 0.488 e. The lowest BCUT2D eigenvalue weighted by Crippen LogP contribution is -2.35. The molecule has 23 heavy (non-hydrogen) atoms. The van der Waals surface area contributed by atoms with Crippen LogP contribution in [0.2, 0.25) is 0 Å². The van der Waals surface area contributed by atoms with Gasteiger partial charge in [0.15, 0.2) is 0 Å². The number of aliphatic hydroxyl groups excluding tert-OH is 1. The average Bonchev–Trinajstić information content (AvgIpc) is 3.00. The molecule has 3 unspecified atom stereocenters. The number of rotatable bonds is 4. The SMILES string of the molecule is CC1(C(=O)Nc2ccc(OC3CCCCC3O)cc2)CCNC1. The van der Waals surface area contributed by atoms with Crippen molar-refractivity contribution in [1.29, 1.82) is 0 Å². The van der Waals surface area contributed by atoms with E-state index in [1.54, 1.807) is 0 Å². The number of nitrogens with one attached hydrogen (secondary N) is 2. The van der Waals surface area contributed by atoms with Crippen molar-refractivity contribution in [2.24, 2.45) is 5.41 Å². The smallest absolute Gasteiger partial charge is 0.231 e. The summed E-state index contributed by atoms with van der Waals surface area (Å²) in [6.45, 7) is 3.60. The zero-order valence-corrected chi connectivity index (χ0v) is 13.7. The molecule has 1 heterocycles. The van der Waals surface area contributed by atoms with Gasteiger partial charge in [0.25, 0.3) is 0 Å². The maximum absolute atomic E-state index is 12.4. The van der Waals surface area contributed by atoms with Gasteiger partial charge < -0.3 is 20.5 Å². The number of amides is 1. The van der Waals surface area contributed by atoms with Gasteiger partial charge in [0, 0.05) is 12.2 Å². The van der Waals surface area contributed by atoms with Crippen molar-refractivity contribution < 1.29 is 14.6 Å². The molecule has 1 aliphatic heterocycles. The van der Waals surface area contributed by atoms with Crippen molar-refractivity contribution in [2.75, 3.05) is 18.4 Å². The van der Waals surface area contributed by atoms with Crippen LogP contribution in [0.4, 0.5) is 5.69 Å². The minimum Gasteiger partial charge on any atom is -0.488 e. The fourth-order valence-electron chi connectivity index (χ4n) is 3.30. The number of benzene rings is 1. The fourth-order valence-corrected chi connectivity index (χ4v) is 3.30. The maximum atomic E-state index is 12.4. The van der Waals surface area contributed by atoms with Crippen LogP contribution in [-0.2, 0) is 4.79 Å². The Bertz CT molecular complexity index is 538. The van der Waals surface area contributed by atoms with Crippen LogP contribution in [0.15, 0.2) is 24.3 Å². The number of hydrogen-bond donors (Lipinski definition) is 3. The van der Waals surface area contributed by atoms with Crippen molar-refractivity contribution in [2.45, 2.75) is 51.2 Å². The second kappa shape index (κ2) is 6.89. The first-order chi connectivity index (χ1) is 11.1. The Morgan fingerprint density at radius 2 is 2.04 bits per heavy atom. The summed E-state index contributed by atoms with van der Waals surface area (Å²) in [7, 11) is 0. The summed E-state index contributed by atoms with van der Waals surface area (Å²) in [4.78, 5) is 12.4. The van der Waals surface area contributed by atoms with Crippen LogP contribution in [0.25, 0.3) is 0 Å². The van der Waals surface area contributed by atoms with E-state index in [1.807, 2.05) is 31.2 Å². The summed E-state index contributed by atoms with van der Waals surface area (Å²) in [5, 5.41) is 16.2. The predicted molar refractivity (Wildman–Crippen MR) is 89.6 cm³/mol. The zero-order valence-electron chi connectivity index (χ0n) is 13.7. The van der Waals surface area contributed by atoms with Gasteiger partial charge in [-0.05, 0) is 63.4 Å². The van der Waals surface area contributed by atoms with E-state index in [1.165, 1.54) is 0 Å². The number of carbonyl (C=O) groups is 1. The van der Waals surface area contributed by atoms with Crippen LogP contribution in [-0.4, -0.2) is 36.3 Å². The Morgan fingerprint density at radius 1 is 1.30 bits per heavy atom. The van der Waals surface area contributed by atoms with Crippen molar-refractivity contribution >= 4 is 11.6 Å². The van der Waals surface area contributed by atoms with Gasteiger partial charge in [-0.3, -0.25) is 4.79 Å². The van der Waals surface area contributed by atoms with E-state index in [9.17, 15) is 9.90 Å². The van der Waals surface area contributed by atoms with Crippen LogP contribution < -0.4 is 15.4 Å². The maximum Gasteiger partial charge on any atom is 0.231 e. The van der Waals surface area contributed by atoms with E-state index in [-0.39, 0.29) is 23.5 Å². The Labute approximate surface area is 137 Å². The van der Waals surface area contributed by atoms with E-state index in [2.05, 4.69) is 10.6 Å². The number of hydrogen-bond acceptors (Lipinski definition) is 4.